The van der Waals surface area contributed by atoms with E-state index in [4.69, 9.17) is 5.84 Å². The lowest BCUT2D eigenvalue weighted by molar-refractivity contribution is -0.137. The van der Waals surface area contributed by atoms with Crippen LogP contribution in [0.25, 0.3) is 0 Å². The zero-order valence-electron chi connectivity index (χ0n) is 10.6. The Morgan fingerprint density at radius 2 is 1.67 bits per heavy atom. The van der Waals surface area contributed by atoms with E-state index in [0.717, 1.165) is 30.5 Å². The first kappa shape index (κ1) is 15.0. The van der Waals surface area contributed by atoms with Crippen molar-refractivity contribution in [2.24, 2.45) is 11.8 Å². The first-order valence-electron chi connectivity index (χ1n) is 5.98. The minimum absolute atomic E-state index is 0.102. The molecule has 3 N–H and O–H groups in total. The van der Waals surface area contributed by atoms with Crippen LogP contribution < -0.4 is 11.3 Å². The molecule has 102 valence electrons. The molecule has 0 aliphatic heterocycles. The van der Waals surface area contributed by atoms with Gasteiger partial charge in [-0.2, -0.15) is 13.2 Å². The standard InChI is InChI=1S/C13H19F3N2/c1-9(2)3-8-12(18-17)10-4-6-11(7-5-10)13(14,15)16/h4-7,9,12,18H,3,8,17H2,1-2H3. The molecule has 0 aliphatic rings. The number of hydrazine groups is 1. The summed E-state index contributed by atoms with van der Waals surface area (Å²) in [4.78, 5) is 0. The van der Waals surface area contributed by atoms with E-state index in [1.807, 2.05) is 0 Å². The lowest BCUT2D eigenvalue weighted by atomic mass is 9.97. The van der Waals surface area contributed by atoms with E-state index in [1.165, 1.54) is 12.1 Å². The van der Waals surface area contributed by atoms with Crippen LogP contribution in [0.1, 0.15) is 43.9 Å². The molecule has 1 aromatic carbocycles. The molecule has 0 radical (unpaired) electrons. The molecule has 0 heterocycles. The zero-order chi connectivity index (χ0) is 13.8. The molecule has 1 rings (SSSR count). The third-order valence-electron chi connectivity index (χ3n) is 2.87. The van der Waals surface area contributed by atoms with Gasteiger partial charge in [-0.1, -0.05) is 26.0 Å². The van der Waals surface area contributed by atoms with Gasteiger partial charge in [0.15, 0.2) is 0 Å². The Balaban J connectivity index is 2.76. The third kappa shape index (κ3) is 4.31. The van der Waals surface area contributed by atoms with Gasteiger partial charge in [0.2, 0.25) is 0 Å². The molecule has 5 heteroatoms. The van der Waals surface area contributed by atoms with Crippen molar-refractivity contribution in [1.29, 1.82) is 0 Å². The number of halogens is 3. The second-order valence-electron chi connectivity index (χ2n) is 4.81. The van der Waals surface area contributed by atoms with Crippen LogP contribution in [0.15, 0.2) is 24.3 Å². The number of hydrogen-bond donors (Lipinski definition) is 2. The van der Waals surface area contributed by atoms with Crippen molar-refractivity contribution in [3.63, 3.8) is 0 Å². The van der Waals surface area contributed by atoms with E-state index in [9.17, 15) is 13.2 Å². The van der Waals surface area contributed by atoms with Crippen LogP contribution >= 0.6 is 0 Å². The lowest BCUT2D eigenvalue weighted by Crippen LogP contribution is -2.28. The van der Waals surface area contributed by atoms with E-state index in [1.54, 1.807) is 0 Å². The maximum Gasteiger partial charge on any atom is 0.416 e. The van der Waals surface area contributed by atoms with Crippen molar-refractivity contribution in [2.45, 2.75) is 38.9 Å². The summed E-state index contributed by atoms with van der Waals surface area (Å²) < 4.78 is 37.2. The van der Waals surface area contributed by atoms with Gasteiger partial charge in [-0.25, -0.2) is 0 Å². The predicted molar refractivity (Wildman–Crippen MR) is 65.6 cm³/mol. The minimum Gasteiger partial charge on any atom is -0.271 e. The van der Waals surface area contributed by atoms with Gasteiger partial charge >= 0.3 is 6.18 Å². The van der Waals surface area contributed by atoms with E-state index in [-0.39, 0.29) is 6.04 Å². The van der Waals surface area contributed by atoms with Gasteiger partial charge in [-0.3, -0.25) is 11.3 Å². The smallest absolute Gasteiger partial charge is 0.271 e. The molecule has 2 nitrogen and oxygen atoms in total. The second-order valence-corrected chi connectivity index (χ2v) is 4.81. The van der Waals surface area contributed by atoms with E-state index >= 15 is 0 Å². The molecule has 0 aliphatic carbocycles. The summed E-state index contributed by atoms with van der Waals surface area (Å²) >= 11 is 0. The van der Waals surface area contributed by atoms with Crippen LogP contribution in [-0.2, 0) is 6.18 Å². The highest BCUT2D eigenvalue weighted by Gasteiger charge is 2.30. The van der Waals surface area contributed by atoms with Gasteiger partial charge in [0, 0.05) is 6.04 Å². The highest BCUT2D eigenvalue weighted by Crippen LogP contribution is 2.30. The molecule has 0 saturated carbocycles. The van der Waals surface area contributed by atoms with Crippen molar-refractivity contribution in [1.82, 2.24) is 5.43 Å². The molecular formula is C13H19F3N2. The van der Waals surface area contributed by atoms with Gasteiger partial charge in [0.25, 0.3) is 0 Å². The van der Waals surface area contributed by atoms with Crippen LogP contribution in [0.4, 0.5) is 13.2 Å². The molecule has 0 aromatic heterocycles. The number of hydrogen-bond acceptors (Lipinski definition) is 2. The molecular weight excluding hydrogens is 241 g/mol. The lowest BCUT2D eigenvalue weighted by Gasteiger charge is -2.18. The molecule has 0 amide bonds. The Kier molecular flexibility index (Phi) is 5.16. The Hall–Kier alpha value is -1.07. The monoisotopic (exact) mass is 260 g/mol. The van der Waals surface area contributed by atoms with E-state index in [2.05, 4.69) is 19.3 Å². The zero-order valence-corrected chi connectivity index (χ0v) is 10.6. The maximum atomic E-state index is 12.4. The SMILES string of the molecule is CC(C)CCC(NN)c1ccc(C(F)(F)F)cc1. The van der Waals surface area contributed by atoms with Gasteiger partial charge in [0.05, 0.1) is 5.56 Å². The van der Waals surface area contributed by atoms with Crippen LogP contribution in [0.3, 0.4) is 0 Å². The van der Waals surface area contributed by atoms with Gasteiger partial charge < -0.3 is 0 Å². The van der Waals surface area contributed by atoms with Gasteiger partial charge in [0.1, 0.15) is 0 Å². The van der Waals surface area contributed by atoms with Crippen molar-refractivity contribution in [3.05, 3.63) is 35.4 Å². The number of nitrogens with one attached hydrogen (secondary N) is 1. The second kappa shape index (κ2) is 6.20. The summed E-state index contributed by atoms with van der Waals surface area (Å²) in [6, 6.07) is 5.04. The predicted octanol–water partition coefficient (Wildman–Crippen LogP) is 3.65. The number of alkyl halides is 3. The number of benzene rings is 1. The molecule has 0 bridgehead atoms. The quantitative estimate of drug-likeness (QED) is 0.626. The van der Waals surface area contributed by atoms with Crippen LogP contribution in [-0.4, -0.2) is 0 Å². The summed E-state index contributed by atoms with van der Waals surface area (Å²) in [7, 11) is 0. The highest BCUT2D eigenvalue weighted by molar-refractivity contribution is 5.26. The fourth-order valence-corrected chi connectivity index (χ4v) is 1.75. The molecule has 1 aromatic rings. The molecule has 1 unspecified atom stereocenters. The first-order chi connectivity index (χ1) is 8.34. The fourth-order valence-electron chi connectivity index (χ4n) is 1.75. The topological polar surface area (TPSA) is 38.0 Å². The molecule has 0 fully saturated rings. The Morgan fingerprint density at radius 3 is 2.06 bits per heavy atom. The average molecular weight is 260 g/mol. The summed E-state index contributed by atoms with van der Waals surface area (Å²) in [5, 5.41) is 0. The van der Waals surface area contributed by atoms with Crippen molar-refractivity contribution < 1.29 is 13.2 Å². The normalized spacial score (nSPS) is 13.9. The number of rotatable bonds is 5. The van der Waals surface area contributed by atoms with Crippen molar-refractivity contribution in [2.75, 3.05) is 0 Å². The maximum absolute atomic E-state index is 12.4. The van der Waals surface area contributed by atoms with Gasteiger partial charge in [-0.15, -0.1) is 0 Å². The summed E-state index contributed by atoms with van der Waals surface area (Å²) in [6.45, 7) is 4.20. The average Bonchev–Trinajstić information content (AvgIpc) is 2.29. The van der Waals surface area contributed by atoms with E-state index in [0.29, 0.717) is 5.92 Å². The Labute approximate surface area is 105 Å². The molecule has 0 saturated heterocycles. The van der Waals surface area contributed by atoms with Crippen molar-refractivity contribution in [3.8, 4) is 0 Å². The summed E-state index contributed by atoms with van der Waals surface area (Å²) in [6.07, 6.45) is -2.52. The summed E-state index contributed by atoms with van der Waals surface area (Å²) in [5.41, 5.74) is 2.80. The van der Waals surface area contributed by atoms with Crippen LogP contribution in [0.2, 0.25) is 0 Å². The molecule has 18 heavy (non-hydrogen) atoms. The largest absolute Gasteiger partial charge is 0.416 e. The van der Waals surface area contributed by atoms with Gasteiger partial charge in [-0.05, 0) is 36.5 Å². The Morgan fingerprint density at radius 1 is 1.11 bits per heavy atom. The molecule has 1 atom stereocenters. The van der Waals surface area contributed by atoms with Crippen LogP contribution in [0.5, 0.6) is 0 Å². The summed E-state index contributed by atoms with van der Waals surface area (Å²) in [5.74, 6) is 5.98. The van der Waals surface area contributed by atoms with Crippen molar-refractivity contribution >= 4 is 0 Å². The molecule has 0 spiro atoms. The number of nitrogens with two attached hydrogens (primary N) is 1. The van der Waals surface area contributed by atoms with E-state index < -0.39 is 11.7 Å². The highest BCUT2D eigenvalue weighted by atomic mass is 19.4. The fraction of sp³-hybridized carbons (Fsp3) is 0.538. The first-order valence-corrected chi connectivity index (χ1v) is 5.98. The Bertz CT molecular complexity index is 357. The van der Waals surface area contributed by atoms with Crippen LogP contribution in [0, 0.1) is 5.92 Å². The third-order valence-corrected chi connectivity index (χ3v) is 2.87. The minimum atomic E-state index is -4.29.